The molecule has 2 nitrogen and oxygen atoms in total. The Hall–Kier alpha value is 0.01000. The van der Waals surface area contributed by atoms with E-state index < -0.39 is 0 Å². The van der Waals surface area contributed by atoms with E-state index in [1.54, 1.807) is 0 Å². The zero-order valence-electron chi connectivity index (χ0n) is 11.8. The highest BCUT2D eigenvalue weighted by molar-refractivity contribution is 7.99. The number of allylic oxidation sites excluding steroid dienone is 1. The van der Waals surface area contributed by atoms with Crippen molar-refractivity contribution < 1.29 is 4.74 Å². The normalized spacial score (nSPS) is 21.7. The van der Waals surface area contributed by atoms with Gasteiger partial charge in [-0.05, 0) is 32.2 Å². The van der Waals surface area contributed by atoms with Gasteiger partial charge in [-0.25, -0.2) is 0 Å². The molecule has 2 unspecified atom stereocenters. The fourth-order valence-corrected chi connectivity index (χ4v) is 3.26. The molecule has 1 aliphatic rings. The Morgan fingerprint density at radius 3 is 3.00 bits per heavy atom. The topological polar surface area (TPSA) is 21.3 Å². The minimum atomic E-state index is 0.426. The second-order valence-corrected chi connectivity index (χ2v) is 6.12. The molecule has 0 aromatic heterocycles. The van der Waals surface area contributed by atoms with Gasteiger partial charge in [0.15, 0.2) is 0 Å². The maximum absolute atomic E-state index is 5.92. The van der Waals surface area contributed by atoms with E-state index in [-0.39, 0.29) is 0 Å². The van der Waals surface area contributed by atoms with Gasteiger partial charge in [0.2, 0.25) is 0 Å². The Kier molecular flexibility index (Phi) is 9.72. The predicted molar refractivity (Wildman–Crippen MR) is 82.4 cm³/mol. The van der Waals surface area contributed by atoms with Crippen molar-refractivity contribution in [1.82, 2.24) is 5.32 Å². The predicted octanol–water partition coefficient (Wildman–Crippen LogP) is 3.62. The van der Waals surface area contributed by atoms with E-state index in [9.17, 15) is 0 Å². The Morgan fingerprint density at radius 1 is 1.44 bits per heavy atom. The molecule has 0 bridgehead atoms. The largest absolute Gasteiger partial charge is 0.375 e. The molecule has 0 aliphatic carbocycles. The summed E-state index contributed by atoms with van der Waals surface area (Å²) in [6.45, 7) is 8.04. The van der Waals surface area contributed by atoms with Crippen LogP contribution >= 0.6 is 11.8 Å². The fourth-order valence-electron chi connectivity index (χ4n) is 2.32. The van der Waals surface area contributed by atoms with Crippen LogP contribution in [0.15, 0.2) is 12.7 Å². The van der Waals surface area contributed by atoms with Gasteiger partial charge in [-0.3, -0.25) is 0 Å². The molecule has 2 atom stereocenters. The van der Waals surface area contributed by atoms with Crippen molar-refractivity contribution in [1.29, 1.82) is 0 Å². The third-order valence-electron chi connectivity index (χ3n) is 3.37. The molecule has 1 saturated heterocycles. The molecule has 1 rings (SSSR count). The Labute approximate surface area is 117 Å². The number of nitrogens with one attached hydrogen (secondary N) is 1. The van der Waals surface area contributed by atoms with Crippen LogP contribution in [0, 0.1) is 0 Å². The Balaban J connectivity index is 2.22. The molecule has 0 aromatic carbocycles. The quantitative estimate of drug-likeness (QED) is 0.484. The van der Waals surface area contributed by atoms with Gasteiger partial charge in [0.25, 0.3) is 0 Å². The van der Waals surface area contributed by atoms with E-state index >= 15 is 0 Å². The van der Waals surface area contributed by atoms with Crippen LogP contribution in [-0.4, -0.2) is 36.8 Å². The zero-order valence-corrected chi connectivity index (χ0v) is 12.6. The number of unbranched alkanes of at least 4 members (excludes halogenated alkanes) is 3. The molecular weight excluding hydrogens is 242 g/mol. The zero-order chi connectivity index (χ0) is 13.1. The van der Waals surface area contributed by atoms with Crippen LogP contribution in [0.4, 0.5) is 0 Å². The summed E-state index contributed by atoms with van der Waals surface area (Å²) in [5.41, 5.74) is 0. The molecule has 18 heavy (non-hydrogen) atoms. The summed E-state index contributed by atoms with van der Waals surface area (Å²) in [6.07, 6.45) is 9.96. The number of thioether (sulfide) groups is 1. The van der Waals surface area contributed by atoms with Crippen LogP contribution < -0.4 is 5.32 Å². The number of ether oxygens (including phenoxy) is 1. The van der Waals surface area contributed by atoms with Crippen molar-refractivity contribution in [2.75, 3.05) is 24.7 Å². The molecule has 0 saturated carbocycles. The van der Waals surface area contributed by atoms with E-state index in [2.05, 4.69) is 18.8 Å². The van der Waals surface area contributed by atoms with Gasteiger partial charge in [-0.1, -0.05) is 25.8 Å². The first-order chi connectivity index (χ1) is 8.88. The lowest BCUT2D eigenvalue weighted by Crippen LogP contribution is -2.45. The van der Waals surface area contributed by atoms with Crippen LogP contribution in [0.25, 0.3) is 0 Å². The maximum atomic E-state index is 5.92. The number of rotatable bonds is 10. The summed E-state index contributed by atoms with van der Waals surface area (Å²) >= 11 is 2.03. The van der Waals surface area contributed by atoms with Crippen LogP contribution in [0.1, 0.15) is 45.4 Å². The minimum Gasteiger partial charge on any atom is -0.375 e. The first kappa shape index (κ1) is 16.1. The summed E-state index contributed by atoms with van der Waals surface area (Å²) in [6, 6.07) is 0.557. The summed E-state index contributed by atoms with van der Waals surface area (Å²) < 4.78 is 5.92. The first-order valence-electron chi connectivity index (χ1n) is 7.42. The van der Waals surface area contributed by atoms with Crippen molar-refractivity contribution in [3.05, 3.63) is 12.7 Å². The molecule has 0 amide bonds. The van der Waals surface area contributed by atoms with Crippen LogP contribution in [0.5, 0.6) is 0 Å². The molecule has 0 spiro atoms. The summed E-state index contributed by atoms with van der Waals surface area (Å²) in [7, 11) is 0. The summed E-state index contributed by atoms with van der Waals surface area (Å²) in [4.78, 5) is 0. The molecule has 106 valence electrons. The van der Waals surface area contributed by atoms with Gasteiger partial charge < -0.3 is 10.1 Å². The second-order valence-electron chi connectivity index (χ2n) is 4.97. The highest BCUT2D eigenvalue weighted by atomic mass is 32.2. The highest BCUT2D eigenvalue weighted by Gasteiger charge is 2.23. The van der Waals surface area contributed by atoms with E-state index in [4.69, 9.17) is 4.74 Å². The van der Waals surface area contributed by atoms with Crippen molar-refractivity contribution in [3.8, 4) is 0 Å². The smallest absolute Gasteiger partial charge is 0.0818 e. The second kappa shape index (κ2) is 10.9. The molecule has 3 heteroatoms. The lowest BCUT2D eigenvalue weighted by molar-refractivity contribution is 0.0441. The minimum absolute atomic E-state index is 0.426. The number of hydrogen-bond acceptors (Lipinski definition) is 3. The van der Waals surface area contributed by atoms with Crippen LogP contribution in [-0.2, 0) is 4.74 Å². The van der Waals surface area contributed by atoms with E-state index in [0.717, 1.165) is 31.1 Å². The summed E-state index contributed by atoms with van der Waals surface area (Å²) in [5, 5.41) is 3.67. The van der Waals surface area contributed by atoms with E-state index in [1.807, 2.05) is 17.8 Å². The third-order valence-corrected chi connectivity index (χ3v) is 4.39. The maximum Gasteiger partial charge on any atom is 0.0818 e. The van der Waals surface area contributed by atoms with Gasteiger partial charge in [-0.2, -0.15) is 11.8 Å². The van der Waals surface area contributed by atoms with Gasteiger partial charge in [0.05, 0.1) is 12.7 Å². The van der Waals surface area contributed by atoms with Gasteiger partial charge >= 0.3 is 0 Å². The van der Waals surface area contributed by atoms with Crippen LogP contribution in [0.3, 0.4) is 0 Å². The Bertz CT molecular complexity index is 205. The van der Waals surface area contributed by atoms with Crippen molar-refractivity contribution >= 4 is 11.8 Å². The van der Waals surface area contributed by atoms with E-state index in [1.165, 1.54) is 32.1 Å². The molecular formula is C15H29NOS. The summed E-state index contributed by atoms with van der Waals surface area (Å²) in [5.74, 6) is 2.32. The molecule has 1 fully saturated rings. The molecule has 1 aliphatic heterocycles. The van der Waals surface area contributed by atoms with Crippen molar-refractivity contribution in [3.63, 3.8) is 0 Å². The monoisotopic (exact) mass is 271 g/mol. The lowest BCUT2D eigenvalue weighted by atomic mass is 10.0. The van der Waals surface area contributed by atoms with Crippen molar-refractivity contribution in [2.24, 2.45) is 0 Å². The SMILES string of the molecule is C=CCCCCCC(NCCC)C1CSCCO1. The lowest BCUT2D eigenvalue weighted by Gasteiger charge is -2.31. The van der Waals surface area contributed by atoms with Gasteiger partial charge in [0, 0.05) is 17.5 Å². The van der Waals surface area contributed by atoms with E-state index in [0.29, 0.717) is 12.1 Å². The average molecular weight is 271 g/mol. The fraction of sp³-hybridized carbons (Fsp3) is 0.867. The third kappa shape index (κ3) is 6.81. The first-order valence-corrected chi connectivity index (χ1v) is 8.57. The molecule has 0 aromatic rings. The average Bonchev–Trinajstić information content (AvgIpc) is 2.43. The van der Waals surface area contributed by atoms with Gasteiger partial charge in [-0.15, -0.1) is 6.58 Å². The molecule has 1 N–H and O–H groups in total. The molecule has 1 heterocycles. The van der Waals surface area contributed by atoms with Crippen LogP contribution in [0.2, 0.25) is 0 Å². The van der Waals surface area contributed by atoms with Crippen molar-refractivity contribution in [2.45, 2.75) is 57.6 Å². The highest BCUT2D eigenvalue weighted by Crippen LogP contribution is 2.19. The standard InChI is InChI=1S/C15H29NOS/c1-3-5-6-7-8-9-14(16-10-4-2)15-13-18-12-11-17-15/h3,14-16H,1,4-13H2,2H3. The Morgan fingerprint density at radius 2 is 2.33 bits per heavy atom. The number of hydrogen-bond donors (Lipinski definition) is 1. The van der Waals surface area contributed by atoms with Gasteiger partial charge in [0.1, 0.15) is 0 Å². The molecule has 0 radical (unpaired) electrons.